The number of nitrogens with two attached hydrogens (primary N) is 1. The van der Waals surface area contributed by atoms with Gasteiger partial charge >= 0.3 is 0 Å². The summed E-state index contributed by atoms with van der Waals surface area (Å²) in [5, 5.41) is 6.86. The Morgan fingerprint density at radius 3 is 3.00 bits per heavy atom. The van der Waals surface area contributed by atoms with E-state index in [-0.39, 0.29) is 0 Å². The van der Waals surface area contributed by atoms with E-state index in [1.807, 2.05) is 25.1 Å². The van der Waals surface area contributed by atoms with Gasteiger partial charge in [-0.1, -0.05) is 29.5 Å². The molecular formula is C12H14N4OS. The minimum absolute atomic E-state index is 0.388. The lowest BCUT2D eigenvalue weighted by Gasteiger charge is -2.13. The SMILES string of the molecule is Cc1cccc(C(N)=S)c1NCCc1ncno1. The van der Waals surface area contributed by atoms with E-state index >= 15 is 0 Å². The van der Waals surface area contributed by atoms with Gasteiger partial charge < -0.3 is 15.6 Å². The topological polar surface area (TPSA) is 77.0 Å². The molecule has 0 aliphatic carbocycles. The molecule has 1 aromatic heterocycles. The van der Waals surface area contributed by atoms with Crippen LogP contribution in [0.3, 0.4) is 0 Å². The molecule has 1 heterocycles. The van der Waals surface area contributed by atoms with E-state index in [0.717, 1.165) is 16.8 Å². The highest BCUT2D eigenvalue weighted by molar-refractivity contribution is 7.80. The van der Waals surface area contributed by atoms with Crippen LogP contribution in [-0.2, 0) is 6.42 Å². The standard InChI is InChI=1S/C12H14N4OS/c1-8-3-2-4-9(12(13)18)11(8)14-6-5-10-15-7-16-17-10/h2-4,7,14H,5-6H2,1H3,(H2,13,18). The number of aromatic nitrogens is 2. The molecule has 0 unspecified atom stereocenters. The van der Waals surface area contributed by atoms with Gasteiger partial charge in [0, 0.05) is 24.2 Å². The van der Waals surface area contributed by atoms with E-state index in [0.29, 0.717) is 23.8 Å². The first-order valence-electron chi connectivity index (χ1n) is 5.57. The van der Waals surface area contributed by atoms with Gasteiger partial charge in [0.05, 0.1) is 0 Å². The van der Waals surface area contributed by atoms with Crippen molar-refractivity contribution in [2.24, 2.45) is 5.73 Å². The van der Waals surface area contributed by atoms with Crippen molar-refractivity contribution in [3.8, 4) is 0 Å². The summed E-state index contributed by atoms with van der Waals surface area (Å²) in [7, 11) is 0. The highest BCUT2D eigenvalue weighted by Crippen LogP contribution is 2.20. The summed E-state index contributed by atoms with van der Waals surface area (Å²) in [6, 6.07) is 5.86. The Bertz CT molecular complexity index is 539. The predicted octanol–water partition coefficient (Wildman–Crippen LogP) is 1.67. The maximum Gasteiger partial charge on any atom is 0.228 e. The summed E-state index contributed by atoms with van der Waals surface area (Å²) in [6.45, 7) is 2.69. The van der Waals surface area contributed by atoms with Crippen LogP contribution in [0.5, 0.6) is 0 Å². The molecule has 0 saturated heterocycles. The fourth-order valence-electron chi connectivity index (χ4n) is 1.71. The van der Waals surface area contributed by atoms with Gasteiger partial charge in [-0.25, -0.2) is 0 Å². The fourth-order valence-corrected chi connectivity index (χ4v) is 1.88. The minimum atomic E-state index is 0.388. The van der Waals surface area contributed by atoms with Gasteiger partial charge in [-0.05, 0) is 18.6 Å². The quantitative estimate of drug-likeness (QED) is 0.798. The van der Waals surface area contributed by atoms with Crippen molar-refractivity contribution in [3.63, 3.8) is 0 Å². The molecule has 0 saturated carbocycles. The van der Waals surface area contributed by atoms with Crippen LogP contribution in [0.2, 0.25) is 0 Å². The number of benzene rings is 1. The fraction of sp³-hybridized carbons (Fsp3) is 0.250. The molecule has 0 aliphatic heterocycles. The Morgan fingerprint density at radius 2 is 2.33 bits per heavy atom. The Hall–Kier alpha value is -1.95. The second-order valence-corrected chi connectivity index (χ2v) is 4.31. The van der Waals surface area contributed by atoms with Crippen LogP contribution < -0.4 is 11.1 Å². The summed E-state index contributed by atoms with van der Waals surface area (Å²) in [6.07, 6.45) is 2.05. The molecule has 0 aliphatic rings. The molecule has 0 bridgehead atoms. The van der Waals surface area contributed by atoms with Gasteiger partial charge in [0.25, 0.3) is 0 Å². The number of hydrogen-bond acceptors (Lipinski definition) is 5. The molecule has 1 aromatic carbocycles. The summed E-state index contributed by atoms with van der Waals surface area (Å²) < 4.78 is 4.93. The molecule has 18 heavy (non-hydrogen) atoms. The molecule has 2 aromatic rings. The predicted molar refractivity (Wildman–Crippen MR) is 73.6 cm³/mol. The Labute approximate surface area is 110 Å². The van der Waals surface area contributed by atoms with E-state index in [1.165, 1.54) is 6.33 Å². The number of anilines is 1. The van der Waals surface area contributed by atoms with Crippen LogP contribution in [0.15, 0.2) is 29.0 Å². The maximum atomic E-state index is 5.70. The minimum Gasteiger partial charge on any atom is -0.389 e. The second-order valence-electron chi connectivity index (χ2n) is 3.87. The molecule has 94 valence electrons. The van der Waals surface area contributed by atoms with E-state index in [4.69, 9.17) is 22.5 Å². The molecule has 0 atom stereocenters. The van der Waals surface area contributed by atoms with E-state index in [1.54, 1.807) is 0 Å². The lowest BCUT2D eigenvalue weighted by Crippen LogP contribution is -2.15. The Balaban J connectivity index is 2.06. The van der Waals surface area contributed by atoms with Crippen molar-refractivity contribution in [3.05, 3.63) is 41.5 Å². The average molecular weight is 262 g/mol. The Morgan fingerprint density at radius 1 is 1.50 bits per heavy atom. The first-order chi connectivity index (χ1) is 8.68. The van der Waals surface area contributed by atoms with Gasteiger partial charge in [0.2, 0.25) is 5.89 Å². The third kappa shape index (κ3) is 2.84. The number of para-hydroxylation sites is 1. The number of aryl methyl sites for hydroxylation is 1. The lowest BCUT2D eigenvalue weighted by molar-refractivity contribution is 0.380. The summed E-state index contributed by atoms with van der Waals surface area (Å²) >= 11 is 5.04. The van der Waals surface area contributed by atoms with Gasteiger partial charge in [-0.2, -0.15) is 4.98 Å². The van der Waals surface area contributed by atoms with Crippen LogP contribution in [-0.4, -0.2) is 21.7 Å². The van der Waals surface area contributed by atoms with Crippen LogP contribution in [0.4, 0.5) is 5.69 Å². The number of nitrogens with zero attached hydrogens (tertiary/aromatic N) is 2. The first-order valence-corrected chi connectivity index (χ1v) is 5.98. The molecule has 2 rings (SSSR count). The highest BCUT2D eigenvalue weighted by atomic mass is 32.1. The number of hydrogen-bond donors (Lipinski definition) is 2. The zero-order valence-corrected chi connectivity index (χ0v) is 10.8. The van der Waals surface area contributed by atoms with Gasteiger partial charge in [0.15, 0.2) is 6.33 Å². The molecular weight excluding hydrogens is 248 g/mol. The molecule has 0 fully saturated rings. The molecule has 6 heteroatoms. The first kappa shape index (κ1) is 12.5. The normalized spacial score (nSPS) is 10.3. The van der Waals surface area contributed by atoms with Gasteiger partial charge in [0.1, 0.15) is 4.99 Å². The van der Waals surface area contributed by atoms with E-state index in [2.05, 4.69) is 15.5 Å². The highest BCUT2D eigenvalue weighted by Gasteiger charge is 2.07. The van der Waals surface area contributed by atoms with Crippen molar-refractivity contribution >= 4 is 22.9 Å². The molecule has 0 radical (unpaired) electrons. The van der Waals surface area contributed by atoms with E-state index in [9.17, 15) is 0 Å². The Kier molecular flexibility index (Phi) is 3.88. The van der Waals surface area contributed by atoms with Gasteiger partial charge in [-0.3, -0.25) is 0 Å². The monoisotopic (exact) mass is 262 g/mol. The average Bonchev–Trinajstić information content (AvgIpc) is 2.84. The lowest BCUT2D eigenvalue weighted by atomic mass is 10.1. The van der Waals surface area contributed by atoms with E-state index < -0.39 is 0 Å². The van der Waals surface area contributed by atoms with Crippen LogP contribution in [0.25, 0.3) is 0 Å². The molecule has 5 nitrogen and oxygen atoms in total. The zero-order chi connectivity index (χ0) is 13.0. The largest absolute Gasteiger partial charge is 0.389 e. The van der Waals surface area contributed by atoms with Gasteiger partial charge in [-0.15, -0.1) is 0 Å². The number of thiocarbonyl (C=S) groups is 1. The van der Waals surface area contributed by atoms with Crippen LogP contribution in [0, 0.1) is 6.92 Å². The van der Waals surface area contributed by atoms with Crippen molar-refractivity contribution in [1.29, 1.82) is 0 Å². The third-order valence-corrected chi connectivity index (χ3v) is 2.81. The molecule has 3 N–H and O–H groups in total. The van der Waals surface area contributed by atoms with Crippen molar-refractivity contribution in [2.45, 2.75) is 13.3 Å². The van der Waals surface area contributed by atoms with Crippen molar-refractivity contribution in [2.75, 3.05) is 11.9 Å². The second kappa shape index (κ2) is 5.59. The summed E-state index contributed by atoms with van der Waals surface area (Å²) in [5.74, 6) is 0.605. The molecule has 0 spiro atoms. The van der Waals surface area contributed by atoms with Crippen LogP contribution in [0.1, 0.15) is 17.0 Å². The number of nitrogens with one attached hydrogen (secondary N) is 1. The third-order valence-electron chi connectivity index (χ3n) is 2.59. The summed E-state index contributed by atoms with van der Waals surface area (Å²) in [4.78, 5) is 4.35. The molecule has 0 amide bonds. The zero-order valence-electron chi connectivity index (χ0n) is 10.0. The van der Waals surface area contributed by atoms with Crippen LogP contribution >= 0.6 is 12.2 Å². The van der Waals surface area contributed by atoms with Crippen molar-refractivity contribution in [1.82, 2.24) is 10.1 Å². The maximum absolute atomic E-state index is 5.70. The number of rotatable bonds is 5. The van der Waals surface area contributed by atoms with Crippen molar-refractivity contribution < 1.29 is 4.52 Å². The summed E-state index contributed by atoms with van der Waals surface area (Å²) in [5.41, 5.74) is 8.62. The smallest absolute Gasteiger partial charge is 0.228 e.